The zero-order chi connectivity index (χ0) is 22.8. The van der Waals surface area contributed by atoms with E-state index in [0.29, 0.717) is 10.6 Å². The van der Waals surface area contributed by atoms with Crippen LogP contribution in [0.25, 0.3) is 10.9 Å². The number of aryl methyl sites for hydroxylation is 1. The number of H-pyrrole nitrogens is 1. The molecular weight excluding hydrogens is 426 g/mol. The van der Waals surface area contributed by atoms with Crippen LogP contribution in [0, 0.1) is 6.92 Å². The number of fused-ring (bicyclic) bond motifs is 1. The minimum atomic E-state index is -0.394. The van der Waals surface area contributed by atoms with Gasteiger partial charge < -0.3 is 4.98 Å². The van der Waals surface area contributed by atoms with Crippen LogP contribution >= 0.6 is 11.6 Å². The van der Waals surface area contributed by atoms with E-state index in [1.165, 1.54) is 5.56 Å². The van der Waals surface area contributed by atoms with E-state index in [1.54, 1.807) is 0 Å². The number of nitrogens with one attached hydrogen (secondary N) is 1. The molecule has 3 heteroatoms. The molecule has 0 bridgehead atoms. The highest BCUT2D eigenvalue weighted by Gasteiger charge is 2.34. The Morgan fingerprint density at radius 3 is 2.15 bits per heavy atom. The van der Waals surface area contributed by atoms with Gasteiger partial charge in [0.15, 0.2) is 5.78 Å². The second-order valence-electron chi connectivity index (χ2n) is 8.44. The van der Waals surface area contributed by atoms with Crippen molar-refractivity contribution in [3.63, 3.8) is 0 Å². The molecule has 4 aromatic carbocycles. The van der Waals surface area contributed by atoms with Gasteiger partial charge in [0.25, 0.3) is 0 Å². The fourth-order valence-corrected chi connectivity index (χ4v) is 4.80. The summed E-state index contributed by atoms with van der Waals surface area (Å²) in [5.41, 5.74) is 6.11. The van der Waals surface area contributed by atoms with Gasteiger partial charge in [-0.05, 0) is 47.9 Å². The zero-order valence-corrected chi connectivity index (χ0v) is 19.1. The van der Waals surface area contributed by atoms with E-state index in [-0.39, 0.29) is 11.7 Å². The maximum atomic E-state index is 14.1. The lowest BCUT2D eigenvalue weighted by atomic mass is 9.73. The number of rotatable bonds is 6. The largest absolute Gasteiger partial charge is 0.361 e. The molecule has 2 atom stereocenters. The Bertz CT molecular complexity index is 1390. The van der Waals surface area contributed by atoms with E-state index in [0.717, 1.165) is 27.6 Å². The summed E-state index contributed by atoms with van der Waals surface area (Å²) in [6, 6.07) is 33.9. The molecule has 0 fully saturated rings. The van der Waals surface area contributed by atoms with Crippen molar-refractivity contribution in [3.05, 3.63) is 142 Å². The summed E-state index contributed by atoms with van der Waals surface area (Å²) >= 11 is 6.24. The summed E-state index contributed by atoms with van der Waals surface area (Å²) in [6.07, 6.45) is 2.05. The van der Waals surface area contributed by atoms with Crippen LogP contribution in [-0.2, 0) is 0 Å². The number of Topliss-reactive ketones (excluding diaryl/α,β-unsaturated/α-hetero) is 1. The van der Waals surface area contributed by atoms with Gasteiger partial charge in [-0.2, -0.15) is 0 Å². The Morgan fingerprint density at radius 2 is 1.45 bits per heavy atom. The first-order valence-electron chi connectivity index (χ1n) is 11.1. The van der Waals surface area contributed by atoms with Crippen LogP contribution in [-0.4, -0.2) is 10.8 Å². The minimum absolute atomic E-state index is 0.101. The number of carbonyl (C=O) groups is 1. The Labute approximate surface area is 198 Å². The Kier molecular flexibility index (Phi) is 5.85. The highest BCUT2D eigenvalue weighted by Crippen LogP contribution is 2.43. The van der Waals surface area contributed by atoms with Crippen molar-refractivity contribution in [2.24, 2.45) is 0 Å². The summed E-state index contributed by atoms with van der Waals surface area (Å²) in [5, 5.41) is 1.81. The van der Waals surface area contributed by atoms with Gasteiger partial charge in [0.1, 0.15) is 0 Å². The van der Waals surface area contributed by atoms with Gasteiger partial charge in [-0.1, -0.05) is 96.0 Å². The van der Waals surface area contributed by atoms with Gasteiger partial charge in [0.2, 0.25) is 0 Å². The first kappa shape index (κ1) is 21.2. The molecule has 1 heterocycles. The van der Waals surface area contributed by atoms with Crippen molar-refractivity contribution in [1.82, 2.24) is 4.98 Å². The number of carbonyl (C=O) groups excluding carboxylic acids is 1. The molecule has 5 rings (SSSR count). The number of ketones is 1. The van der Waals surface area contributed by atoms with Gasteiger partial charge in [-0.15, -0.1) is 0 Å². The van der Waals surface area contributed by atoms with E-state index < -0.39 is 5.92 Å². The molecule has 0 radical (unpaired) electrons. The number of benzene rings is 4. The van der Waals surface area contributed by atoms with Crippen LogP contribution in [0.4, 0.5) is 0 Å². The number of hydrogen-bond donors (Lipinski definition) is 1. The second-order valence-corrected chi connectivity index (χ2v) is 8.88. The van der Waals surface area contributed by atoms with Gasteiger partial charge >= 0.3 is 0 Å². The molecule has 1 aromatic heterocycles. The molecule has 0 saturated heterocycles. The number of halogens is 1. The summed E-state index contributed by atoms with van der Waals surface area (Å²) in [5.74, 6) is -0.481. The van der Waals surface area contributed by atoms with Gasteiger partial charge in [0, 0.05) is 33.6 Å². The summed E-state index contributed by atoms with van der Waals surface area (Å²) in [7, 11) is 0. The normalized spacial score (nSPS) is 13.0. The van der Waals surface area contributed by atoms with Crippen molar-refractivity contribution in [2.45, 2.75) is 18.8 Å². The van der Waals surface area contributed by atoms with Crippen LogP contribution in [0.2, 0.25) is 5.02 Å². The Hall–Kier alpha value is -3.62. The van der Waals surface area contributed by atoms with Gasteiger partial charge in [-0.3, -0.25) is 4.79 Å². The molecule has 0 amide bonds. The fraction of sp³-hybridized carbons (Fsp3) is 0.100. The number of aromatic amines is 1. The topological polar surface area (TPSA) is 32.9 Å². The molecule has 2 unspecified atom stereocenters. The molecule has 0 spiro atoms. The average Bonchev–Trinajstić information content (AvgIpc) is 3.26. The van der Waals surface area contributed by atoms with E-state index in [1.807, 2.05) is 72.8 Å². The summed E-state index contributed by atoms with van der Waals surface area (Å²) < 4.78 is 0. The molecule has 33 heavy (non-hydrogen) atoms. The summed E-state index contributed by atoms with van der Waals surface area (Å²) in [6.45, 7) is 2.09. The van der Waals surface area contributed by atoms with Crippen molar-refractivity contribution in [1.29, 1.82) is 0 Å². The molecule has 5 aromatic rings. The standard InChI is InChI=1S/C30H24ClNO/c1-20-12-17-27-25(18-20)26(19-32-27)28(22-13-15-24(31)16-14-22)29(21-8-4-2-5-9-21)30(33)23-10-6-3-7-11-23/h2-19,28-29,32H,1H3. The van der Waals surface area contributed by atoms with Gasteiger partial charge in [-0.25, -0.2) is 0 Å². The predicted octanol–water partition coefficient (Wildman–Crippen LogP) is 7.93. The van der Waals surface area contributed by atoms with Crippen LogP contribution < -0.4 is 0 Å². The third-order valence-electron chi connectivity index (χ3n) is 6.27. The van der Waals surface area contributed by atoms with Crippen molar-refractivity contribution >= 4 is 28.3 Å². The lowest BCUT2D eigenvalue weighted by Crippen LogP contribution is -2.22. The molecule has 0 aliphatic heterocycles. The van der Waals surface area contributed by atoms with E-state index >= 15 is 0 Å². The van der Waals surface area contributed by atoms with E-state index in [4.69, 9.17) is 11.6 Å². The lowest BCUT2D eigenvalue weighted by Gasteiger charge is -2.28. The summed E-state index contributed by atoms with van der Waals surface area (Å²) in [4.78, 5) is 17.5. The maximum absolute atomic E-state index is 14.1. The fourth-order valence-electron chi connectivity index (χ4n) is 4.67. The van der Waals surface area contributed by atoms with Gasteiger partial charge in [0.05, 0.1) is 5.92 Å². The first-order valence-corrected chi connectivity index (χ1v) is 11.5. The van der Waals surface area contributed by atoms with Crippen molar-refractivity contribution in [3.8, 4) is 0 Å². The third-order valence-corrected chi connectivity index (χ3v) is 6.52. The van der Waals surface area contributed by atoms with Crippen LogP contribution in [0.3, 0.4) is 0 Å². The second kappa shape index (κ2) is 9.09. The molecule has 1 N–H and O–H groups in total. The van der Waals surface area contributed by atoms with Crippen LogP contribution in [0.1, 0.15) is 44.4 Å². The Balaban J connectivity index is 1.77. The van der Waals surface area contributed by atoms with Crippen molar-refractivity contribution < 1.29 is 4.79 Å². The molecule has 0 aliphatic carbocycles. The molecule has 0 aliphatic rings. The smallest absolute Gasteiger partial charge is 0.171 e. The quantitative estimate of drug-likeness (QED) is 0.262. The molecule has 162 valence electrons. The van der Waals surface area contributed by atoms with E-state index in [9.17, 15) is 4.79 Å². The monoisotopic (exact) mass is 449 g/mol. The van der Waals surface area contributed by atoms with Crippen LogP contribution in [0.15, 0.2) is 109 Å². The van der Waals surface area contributed by atoms with E-state index in [2.05, 4.69) is 48.4 Å². The first-order chi connectivity index (χ1) is 16.1. The van der Waals surface area contributed by atoms with Crippen LogP contribution in [0.5, 0.6) is 0 Å². The van der Waals surface area contributed by atoms with Crippen molar-refractivity contribution in [2.75, 3.05) is 0 Å². The average molecular weight is 450 g/mol. The molecule has 0 saturated carbocycles. The highest BCUT2D eigenvalue weighted by atomic mass is 35.5. The maximum Gasteiger partial charge on any atom is 0.171 e. The third kappa shape index (κ3) is 4.22. The SMILES string of the molecule is Cc1ccc2[nH]cc(C(c3ccc(Cl)cc3)C(C(=O)c3ccccc3)c3ccccc3)c2c1. The number of aromatic nitrogens is 1. The lowest BCUT2D eigenvalue weighted by molar-refractivity contribution is 0.0952. The predicted molar refractivity (Wildman–Crippen MR) is 136 cm³/mol. The zero-order valence-electron chi connectivity index (χ0n) is 18.3. The molecule has 2 nitrogen and oxygen atoms in total. The Morgan fingerprint density at radius 1 is 0.788 bits per heavy atom. The number of hydrogen-bond acceptors (Lipinski definition) is 1. The minimum Gasteiger partial charge on any atom is -0.361 e. The molecular formula is C30H24ClNO. The highest BCUT2D eigenvalue weighted by molar-refractivity contribution is 6.30.